The standard InChI is InChI=1S/C35H39N3O4S/c1-26(2)36-35(40)33(23-29-11-7-5-8-12-29)37(24-30-19-15-27(3)16-20-30)34(39)25-38(31-21-17-28(4)18-22-31)43(41,42)32-13-9-6-10-14-32/h5-22,26,33H,23-25H2,1-4H3,(H,36,40)/t33-/m0/s1. The molecule has 1 atom stereocenters. The Morgan fingerprint density at radius 2 is 1.26 bits per heavy atom. The van der Waals surface area contributed by atoms with Crippen molar-refractivity contribution in [3.8, 4) is 0 Å². The number of anilines is 1. The number of hydrogen-bond acceptors (Lipinski definition) is 4. The molecule has 2 amide bonds. The van der Waals surface area contributed by atoms with E-state index >= 15 is 0 Å². The van der Waals surface area contributed by atoms with Crippen molar-refractivity contribution < 1.29 is 18.0 Å². The van der Waals surface area contributed by atoms with E-state index in [4.69, 9.17) is 0 Å². The number of carbonyl (C=O) groups is 2. The first-order valence-corrected chi connectivity index (χ1v) is 15.8. The van der Waals surface area contributed by atoms with E-state index in [1.807, 2.05) is 94.4 Å². The molecule has 0 saturated heterocycles. The molecule has 8 heteroatoms. The van der Waals surface area contributed by atoms with Crippen molar-refractivity contribution in [1.29, 1.82) is 0 Å². The second-order valence-corrected chi connectivity index (χ2v) is 12.9. The van der Waals surface area contributed by atoms with Crippen LogP contribution in [0.3, 0.4) is 0 Å². The molecule has 4 aromatic rings. The monoisotopic (exact) mass is 597 g/mol. The fourth-order valence-electron chi connectivity index (χ4n) is 4.78. The third kappa shape index (κ3) is 8.32. The lowest BCUT2D eigenvalue weighted by atomic mass is 10.0. The Bertz CT molecular complexity index is 1610. The van der Waals surface area contributed by atoms with E-state index in [2.05, 4.69) is 5.32 Å². The molecule has 4 rings (SSSR count). The molecule has 0 aliphatic rings. The third-order valence-corrected chi connectivity index (χ3v) is 8.90. The molecule has 1 N–H and O–H groups in total. The van der Waals surface area contributed by atoms with Gasteiger partial charge in [-0.15, -0.1) is 0 Å². The number of carbonyl (C=O) groups excluding carboxylic acids is 2. The van der Waals surface area contributed by atoms with Gasteiger partial charge in [-0.2, -0.15) is 0 Å². The average Bonchev–Trinajstić information content (AvgIpc) is 2.99. The number of benzene rings is 4. The summed E-state index contributed by atoms with van der Waals surface area (Å²) in [5, 5.41) is 2.98. The summed E-state index contributed by atoms with van der Waals surface area (Å²) in [7, 11) is -4.11. The largest absolute Gasteiger partial charge is 0.352 e. The number of nitrogens with zero attached hydrogens (tertiary/aromatic N) is 2. The van der Waals surface area contributed by atoms with Gasteiger partial charge in [0.15, 0.2) is 0 Å². The number of rotatable bonds is 12. The van der Waals surface area contributed by atoms with Crippen molar-refractivity contribution in [2.24, 2.45) is 0 Å². The Labute approximate surface area is 255 Å². The third-order valence-electron chi connectivity index (χ3n) is 7.11. The molecule has 4 aromatic carbocycles. The number of hydrogen-bond donors (Lipinski definition) is 1. The van der Waals surface area contributed by atoms with Gasteiger partial charge in [-0.05, 0) is 63.1 Å². The van der Waals surface area contributed by atoms with Gasteiger partial charge in [0.1, 0.15) is 12.6 Å². The van der Waals surface area contributed by atoms with Crippen LogP contribution < -0.4 is 9.62 Å². The van der Waals surface area contributed by atoms with Gasteiger partial charge in [0, 0.05) is 19.0 Å². The lowest BCUT2D eigenvalue weighted by molar-refractivity contribution is -0.140. The molecule has 43 heavy (non-hydrogen) atoms. The van der Waals surface area contributed by atoms with Crippen LogP contribution in [-0.4, -0.2) is 43.8 Å². The zero-order valence-corrected chi connectivity index (χ0v) is 25.9. The maximum Gasteiger partial charge on any atom is 0.264 e. The average molecular weight is 598 g/mol. The van der Waals surface area contributed by atoms with Gasteiger partial charge < -0.3 is 10.2 Å². The second kappa shape index (κ2) is 14.2. The van der Waals surface area contributed by atoms with Gasteiger partial charge >= 0.3 is 0 Å². The smallest absolute Gasteiger partial charge is 0.264 e. The lowest BCUT2D eigenvalue weighted by Gasteiger charge is -2.34. The molecule has 0 aliphatic carbocycles. The van der Waals surface area contributed by atoms with Gasteiger partial charge in [-0.3, -0.25) is 13.9 Å². The van der Waals surface area contributed by atoms with Crippen molar-refractivity contribution in [2.75, 3.05) is 10.8 Å². The Balaban J connectivity index is 1.79. The SMILES string of the molecule is Cc1ccc(CN(C(=O)CN(c2ccc(C)cc2)S(=O)(=O)c2ccccc2)[C@@H](Cc2ccccc2)C(=O)NC(C)C)cc1. The molecule has 0 heterocycles. The Kier molecular flexibility index (Phi) is 10.4. The maximum atomic E-state index is 14.4. The fourth-order valence-corrected chi connectivity index (χ4v) is 6.22. The van der Waals surface area contributed by atoms with Crippen molar-refractivity contribution >= 4 is 27.5 Å². The summed E-state index contributed by atoms with van der Waals surface area (Å²) in [6, 6.07) is 31.3. The summed E-state index contributed by atoms with van der Waals surface area (Å²) in [6.45, 7) is 7.29. The predicted molar refractivity (Wildman–Crippen MR) is 171 cm³/mol. The van der Waals surface area contributed by atoms with E-state index in [0.717, 1.165) is 26.6 Å². The minimum Gasteiger partial charge on any atom is -0.352 e. The summed E-state index contributed by atoms with van der Waals surface area (Å²) in [5.41, 5.74) is 4.12. The molecular formula is C35H39N3O4S. The molecule has 0 aliphatic heterocycles. The van der Waals surface area contributed by atoms with Crippen molar-refractivity contribution in [3.05, 3.63) is 131 Å². The maximum absolute atomic E-state index is 14.4. The minimum absolute atomic E-state index is 0.0758. The zero-order chi connectivity index (χ0) is 31.0. The first-order valence-electron chi connectivity index (χ1n) is 14.4. The molecule has 7 nitrogen and oxygen atoms in total. The molecule has 0 spiro atoms. The van der Waals surface area contributed by atoms with Crippen LogP contribution in [-0.2, 0) is 32.6 Å². The highest BCUT2D eigenvalue weighted by atomic mass is 32.2. The highest BCUT2D eigenvalue weighted by Crippen LogP contribution is 2.25. The molecule has 0 radical (unpaired) electrons. The van der Waals surface area contributed by atoms with Crippen LogP contribution in [0.1, 0.15) is 36.1 Å². The highest BCUT2D eigenvalue weighted by Gasteiger charge is 2.34. The normalized spacial score (nSPS) is 12.0. The number of aryl methyl sites for hydroxylation is 2. The van der Waals surface area contributed by atoms with E-state index in [1.165, 1.54) is 17.0 Å². The van der Waals surface area contributed by atoms with E-state index in [9.17, 15) is 18.0 Å². The van der Waals surface area contributed by atoms with E-state index in [-0.39, 0.29) is 29.8 Å². The molecule has 0 unspecified atom stereocenters. The Morgan fingerprint density at radius 3 is 1.81 bits per heavy atom. The van der Waals surface area contributed by atoms with Crippen molar-refractivity contribution in [1.82, 2.24) is 10.2 Å². The highest BCUT2D eigenvalue weighted by molar-refractivity contribution is 7.92. The molecule has 0 fully saturated rings. The van der Waals surface area contributed by atoms with Gasteiger partial charge in [0.2, 0.25) is 11.8 Å². The van der Waals surface area contributed by atoms with E-state index in [1.54, 1.807) is 30.3 Å². The Morgan fingerprint density at radius 1 is 0.721 bits per heavy atom. The molecule has 0 saturated carbocycles. The number of nitrogens with one attached hydrogen (secondary N) is 1. The Hall–Kier alpha value is -4.43. The molecule has 224 valence electrons. The molecule has 0 bridgehead atoms. The first kappa shape index (κ1) is 31.5. The predicted octanol–water partition coefficient (Wildman–Crippen LogP) is 5.66. The molecule has 0 aromatic heterocycles. The fraction of sp³-hybridized carbons (Fsp3) is 0.257. The van der Waals surface area contributed by atoms with Gasteiger partial charge in [-0.25, -0.2) is 8.42 Å². The molecular weight excluding hydrogens is 558 g/mol. The summed E-state index contributed by atoms with van der Waals surface area (Å²) in [5.74, 6) is -0.785. The topological polar surface area (TPSA) is 86.8 Å². The quantitative estimate of drug-likeness (QED) is 0.228. The van der Waals surface area contributed by atoms with Gasteiger partial charge in [-0.1, -0.05) is 96.1 Å². The van der Waals surface area contributed by atoms with Gasteiger partial charge in [0.25, 0.3) is 10.0 Å². The summed E-state index contributed by atoms with van der Waals surface area (Å²) < 4.78 is 29.1. The summed E-state index contributed by atoms with van der Waals surface area (Å²) >= 11 is 0. The van der Waals surface area contributed by atoms with Crippen LogP contribution in [0.15, 0.2) is 114 Å². The van der Waals surface area contributed by atoms with Crippen LogP contribution in [0.4, 0.5) is 5.69 Å². The zero-order valence-electron chi connectivity index (χ0n) is 25.1. The van der Waals surface area contributed by atoms with E-state index in [0.29, 0.717) is 5.69 Å². The van der Waals surface area contributed by atoms with Crippen LogP contribution in [0, 0.1) is 13.8 Å². The van der Waals surface area contributed by atoms with Crippen molar-refractivity contribution in [2.45, 2.75) is 57.6 Å². The van der Waals surface area contributed by atoms with Crippen LogP contribution in [0.2, 0.25) is 0 Å². The second-order valence-electron chi connectivity index (χ2n) is 11.0. The lowest BCUT2D eigenvalue weighted by Crippen LogP contribution is -2.54. The van der Waals surface area contributed by atoms with Crippen LogP contribution in [0.25, 0.3) is 0 Å². The van der Waals surface area contributed by atoms with Gasteiger partial charge in [0.05, 0.1) is 10.6 Å². The minimum atomic E-state index is -4.11. The number of sulfonamides is 1. The van der Waals surface area contributed by atoms with Crippen molar-refractivity contribution in [3.63, 3.8) is 0 Å². The van der Waals surface area contributed by atoms with Crippen LogP contribution in [0.5, 0.6) is 0 Å². The summed E-state index contributed by atoms with van der Waals surface area (Å²) in [4.78, 5) is 29.7. The summed E-state index contributed by atoms with van der Waals surface area (Å²) in [6.07, 6.45) is 0.271. The van der Waals surface area contributed by atoms with E-state index < -0.39 is 28.5 Å². The van der Waals surface area contributed by atoms with Crippen LogP contribution >= 0.6 is 0 Å². The number of amides is 2. The first-order chi connectivity index (χ1) is 20.5.